The van der Waals surface area contributed by atoms with Gasteiger partial charge in [-0.25, -0.2) is 8.78 Å². The van der Waals surface area contributed by atoms with E-state index in [0.717, 1.165) is 18.9 Å². The molecular formula is C14H17F2NO2. The second kappa shape index (κ2) is 5.25. The average Bonchev–Trinajstić information content (AvgIpc) is 3.12. The predicted octanol–water partition coefficient (Wildman–Crippen LogP) is 2.30. The van der Waals surface area contributed by atoms with Crippen molar-refractivity contribution in [2.24, 2.45) is 5.41 Å². The first-order valence-corrected chi connectivity index (χ1v) is 6.29. The maximum absolute atomic E-state index is 13.0. The molecule has 1 aromatic rings. The minimum atomic E-state index is -0.847. The van der Waals surface area contributed by atoms with Crippen LogP contribution in [0.5, 0.6) is 0 Å². The highest BCUT2D eigenvalue weighted by atomic mass is 19.2. The second-order valence-corrected chi connectivity index (χ2v) is 5.32. The summed E-state index contributed by atoms with van der Waals surface area (Å²) in [5, 5.41) is 9.09. The number of aliphatic carboxylic acids is 1. The molecule has 0 aliphatic heterocycles. The second-order valence-electron chi connectivity index (χ2n) is 5.32. The van der Waals surface area contributed by atoms with Crippen LogP contribution in [-0.2, 0) is 11.2 Å². The summed E-state index contributed by atoms with van der Waals surface area (Å²) in [7, 11) is 1.85. The Morgan fingerprint density at radius 1 is 1.37 bits per heavy atom. The van der Waals surface area contributed by atoms with Crippen LogP contribution in [0.25, 0.3) is 0 Å². The van der Waals surface area contributed by atoms with Crippen molar-refractivity contribution in [2.75, 3.05) is 20.1 Å². The molecule has 0 heterocycles. The van der Waals surface area contributed by atoms with Gasteiger partial charge in [0, 0.05) is 13.1 Å². The highest BCUT2D eigenvalue weighted by Crippen LogP contribution is 2.46. The highest BCUT2D eigenvalue weighted by molar-refractivity contribution is 5.78. The van der Waals surface area contributed by atoms with Gasteiger partial charge in [-0.2, -0.15) is 0 Å². The topological polar surface area (TPSA) is 40.5 Å². The van der Waals surface area contributed by atoms with Gasteiger partial charge in [0.2, 0.25) is 0 Å². The number of hydrogen-bond acceptors (Lipinski definition) is 2. The van der Waals surface area contributed by atoms with E-state index >= 15 is 0 Å². The molecule has 0 saturated heterocycles. The van der Waals surface area contributed by atoms with Crippen molar-refractivity contribution in [3.63, 3.8) is 0 Å². The molecule has 0 spiro atoms. The Balaban J connectivity index is 1.85. The smallest absolute Gasteiger partial charge is 0.310 e. The summed E-state index contributed by atoms with van der Waals surface area (Å²) in [6, 6.07) is 3.86. The van der Waals surface area contributed by atoms with E-state index < -0.39 is 23.0 Å². The van der Waals surface area contributed by atoms with Crippen LogP contribution in [0.4, 0.5) is 8.78 Å². The molecule has 1 N–H and O–H groups in total. The van der Waals surface area contributed by atoms with Crippen LogP contribution >= 0.6 is 0 Å². The number of carbonyl (C=O) groups is 1. The molecule has 2 rings (SSSR count). The molecule has 19 heavy (non-hydrogen) atoms. The summed E-state index contributed by atoms with van der Waals surface area (Å²) in [6.45, 7) is 1.13. The first-order chi connectivity index (χ1) is 8.93. The monoisotopic (exact) mass is 269 g/mol. The van der Waals surface area contributed by atoms with Crippen molar-refractivity contribution in [2.45, 2.75) is 19.3 Å². The SMILES string of the molecule is CN(CCc1ccc(F)c(F)c1)CC1(C(=O)O)CC1. The number of carboxylic acids is 1. The number of nitrogens with zero attached hydrogens (tertiary/aromatic N) is 1. The summed E-state index contributed by atoms with van der Waals surface area (Å²) in [4.78, 5) is 13.0. The molecule has 1 saturated carbocycles. The Kier molecular flexibility index (Phi) is 3.85. The number of rotatable bonds is 6. The summed E-state index contributed by atoms with van der Waals surface area (Å²) in [5.41, 5.74) is 0.133. The molecular weight excluding hydrogens is 252 g/mol. The molecule has 5 heteroatoms. The fourth-order valence-corrected chi connectivity index (χ4v) is 2.20. The van der Waals surface area contributed by atoms with Gasteiger partial charge < -0.3 is 10.0 Å². The Bertz CT molecular complexity index is 486. The molecule has 0 amide bonds. The minimum Gasteiger partial charge on any atom is -0.481 e. The van der Waals surface area contributed by atoms with E-state index in [1.807, 2.05) is 11.9 Å². The zero-order valence-electron chi connectivity index (χ0n) is 10.8. The standard InChI is InChI=1S/C14H17F2NO2/c1-17(9-14(5-6-14)13(18)19)7-4-10-2-3-11(15)12(16)8-10/h2-3,8H,4-7,9H2,1H3,(H,18,19). The number of likely N-dealkylation sites (N-methyl/N-ethyl adjacent to an activating group) is 1. The van der Waals surface area contributed by atoms with Gasteiger partial charge in [0.1, 0.15) is 0 Å². The van der Waals surface area contributed by atoms with Crippen LogP contribution in [-0.4, -0.2) is 36.1 Å². The normalized spacial score (nSPS) is 16.6. The summed E-state index contributed by atoms with van der Waals surface area (Å²) >= 11 is 0. The lowest BCUT2D eigenvalue weighted by atomic mass is 10.1. The Morgan fingerprint density at radius 2 is 2.05 bits per heavy atom. The van der Waals surface area contributed by atoms with Crippen LogP contribution in [0.2, 0.25) is 0 Å². The van der Waals surface area contributed by atoms with Gasteiger partial charge in [-0.1, -0.05) is 6.07 Å². The fraction of sp³-hybridized carbons (Fsp3) is 0.500. The van der Waals surface area contributed by atoms with Crippen molar-refractivity contribution >= 4 is 5.97 Å². The first-order valence-electron chi connectivity index (χ1n) is 6.29. The molecule has 0 atom stereocenters. The molecule has 1 fully saturated rings. The molecule has 0 bridgehead atoms. The third-order valence-electron chi connectivity index (χ3n) is 3.65. The minimum absolute atomic E-state index is 0.506. The van der Waals surface area contributed by atoms with Crippen LogP contribution < -0.4 is 0 Å². The highest BCUT2D eigenvalue weighted by Gasteiger charge is 2.50. The number of benzene rings is 1. The lowest BCUT2D eigenvalue weighted by Gasteiger charge is -2.20. The van der Waals surface area contributed by atoms with Gasteiger partial charge in [0.05, 0.1) is 5.41 Å². The predicted molar refractivity (Wildman–Crippen MR) is 66.9 cm³/mol. The zero-order valence-corrected chi connectivity index (χ0v) is 10.8. The van der Waals surface area contributed by atoms with Crippen molar-refractivity contribution in [3.8, 4) is 0 Å². The van der Waals surface area contributed by atoms with E-state index in [1.165, 1.54) is 6.07 Å². The molecule has 0 aromatic heterocycles. The Labute approximate surface area is 110 Å². The molecule has 1 aromatic carbocycles. The number of hydrogen-bond donors (Lipinski definition) is 1. The molecule has 3 nitrogen and oxygen atoms in total. The maximum atomic E-state index is 13.0. The van der Waals surface area contributed by atoms with E-state index in [2.05, 4.69) is 0 Å². The van der Waals surface area contributed by atoms with Crippen LogP contribution in [0.3, 0.4) is 0 Å². The van der Waals surface area contributed by atoms with Crippen molar-refractivity contribution in [1.29, 1.82) is 0 Å². The summed E-state index contributed by atoms with van der Waals surface area (Å²) in [5.74, 6) is -2.43. The summed E-state index contributed by atoms with van der Waals surface area (Å²) in [6.07, 6.45) is 2.01. The van der Waals surface area contributed by atoms with Crippen molar-refractivity contribution < 1.29 is 18.7 Å². The van der Waals surface area contributed by atoms with Gasteiger partial charge >= 0.3 is 5.97 Å². The van der Waals surface area contributed by atoms with Crippen LogP contribution in [0.1, 0.15) is 18.4 Å². The molecule has 1 aliphatic carbocycles. The van der Waals surface area contributed by atoms with Crippen molar-refractivity contribution in [1.82, 2.24) is 4.90 Å². The van der Waals surface area contributed by atoms with Crippen molar-refractivity contribution in [3.05, 3.63) is 35.4 Å². The third kappa shape index (κ3) is 3.29. The molecule has 0 unspecified atom stereocenters. The Hall–Kier alpha value is -1.49. The lowest BCUT2D eigenvalue weighted by Crippen LogP contribution is -2.33. The summed E-state index contributed by atoms with van der Waals surface area (Å²) < 4.78 is 25.8. The lowest BCUT2D eigenvalue weighted by molar-refractivity contribution is -0.144. The molecule has 1 aliphatic rings. The quantitative estimate of drug-likeness (QED) is 0.861. The average molecular weight is 269 g/mol. The van der Waals surface area contributed by atoms with Gasteiger partial charge in [0.25, 0.3) is 0 Å². The van der Waals surface area contributed by atoms with Gasteiger partial charge in [-0.15, -0.1) is 0 Å². The van der Waals surface area contributed by atoms with Gasteiger partial charge in [-0.05, 0) is 44.0 Å². The fourth-order valence-electron chi connectivity index (χ4n) is 2.20. The number of halogens is 2. The van der Waals surface area contributed by atoms with E-state index in [9.17, 15) is 13.6 Å². The first kappa shape index (κ1) is 13.9. The van der Waals surface area contributed by atoms with E-state index in [0.29, 0.717) is 25.1 Å². The zero-order chi connectivity index (χ0) is 14.0. The Morgan fingerprint density at radius 3 is 2.58 bits per heavy atom. The van der Waals surface area contributed by atoms with Crippen LogP contribution in [0.15, 0.2) is 18.2 Å². The van der Waals surface area contributed by atoms with E-state index in [-0.39, 0.29) is 0 Å². The largest absolute Gasteiger partial charge is 0.481 e. The van der Waals surface area contributed by atoms with Gasteiger partial charge in [0.15, 0.2) is 11.6 Å². The number of carboxylic acid groups (broad SMARTS) is 1. The molecule has 104 valence electrons. The van der Waals surface area contributed by atoms with Gasteiger partial charge in [-0.3, -0.25) is 4.79 Å². The van der Waals surface area contributed by atoms with Crippen LogP contribution in [0, 0.1) is 17.0 Å². The maximum Gasteiger partial charge on any atom is 0.310 e. The van der Waals surface area contributed by atoms with E-state index in [4.69, 9.17) is 5.11 Å². The third-order valence-corrected chi connectivity index (χ3v) is 3.65. The van der Waals surface area contributed by atoms with E-state index in [1.54, 1.807) is 6.07 Å². The molecule has 0 radical (unpaired) electrons.